The normalized spacial score (nSPS) is 29.4. The number of hydrogen-bond donors (Lipinski definition) is 3. The average molecular weight is 303 g/mol. The Hall–Kier alpha value is -1.75. The van der Waals surface area contributed by atoms with Gasteiger partial charge in [-0.25, -0.2) is 4.79 Å². The second-order valence-corrected chi connectivity index (χ2v) is 6.79. The zero-order valence-corrected chi connectivity index (χ0v) is 13.1. The summed E-state index contributed by atoms with van der Waals surface area (Å²) < 4.78 is 5.11. The first kappa shape index (κ1) is 15.2. The third kappa shape index (κ3) is 3.19. The van der Waals surface area contributed by atoms with Crippen molar-refractivity contribution >= 4 is 6.03 Å². The van der Waals surface area contributed by atoms with Gasteiger partial charge in [0.15, 0.2) is 0 Å². The summed E-state index contributed by atoms with van der Waals surface area (Å²) in [7, 11) is 1.64. The molecule has 22 heavy (non-hydrogen) atoms. The van der Waals surface area contributed by atoms with Crippen molar-refractivity contribution in [2.75, 3.05) is 13.7 Å². The lowest BCUT2D eigenvalue weighted by molar-refractivity contribution is -0.0421. The molecule has 2 aliphatic rings. The first-order valence-electron chi connectivity index (χ1n) is 8.00. The number of nitrogens with one attached hydrogen (secondary N) is 2. The van der Waals surface area contributed by atoms with E-state index in [-0.39, 0.29) is 6.03 Å². The minimum atomic E-state index is -0.0784. The van der Waals surface area contributed by atoms with E-state index in [1.165, 1.54) is 12.8 Å². The van der Waals surface area contributed by atoms with Gasteiger partial charge in [0.1, 0.15) is 5.75 Å². The fourth-order valence-corrected chi connectivity index (χ4v) is 3.91. The highest BCUT2D eigenvalue weighted by molar-refractivity contribution is 5.74. The van der Waals surface area contributed by atoms with Crippen molar-refractivity contribution in [3.63, 3.8) is 0 Å². The molecule has 5 heteroatoms. The summed E-state index contributed by atoms with van der Waals surface area (Å²) in [5.41, 5.74) is 7.23. The number of rotatable bonds is 5. The van der Waals surface area contributed by atoms with Crippen LogP contribution in [-0.2, 0) is 6.54 Å². The monoisotopic (exact) mass is 303 g/mol. The Kier molecular flexibility index (Phi) is 4.25. The molecule has 0 radical (unpaired) electrons. The van der Waals surface area contributed by atoms with E-state index in [0.29, 0.717) is 23.9 Å². The maximum absolute atomic E-state index is 11.9. The summed E-state index contributed by atoms with van der Waals surface area (Å²) in [6.45, 7) is 1.34. The molecule has 1 spiro atoms. The van der Waals surface area contributed by atoms with Gasteiger partial charge in [-0.1, -0.05) is 12.1 Å². The summed E-state index contributed by atoms with van der Waals surface area (Å²) in [4.78, 5) is 11.9. The van der Waals surface area contributed by atoms with E-state index in [1.807, 2.05) is 24.3 Å². The van der Waals surface area contributed by atoms with Gasteiger partial charge in [0, 0.05) is 12.6 Å². The number of amides is 2. The molecule has 2 fully saturated rings. The molecule has 0 aromatic heterocycles. The van der Waals surface area contributed by atoms with Gasteiger partial charge in [0.2, 0.25) is 0 Å². The van der Waals surface area contributed by atoms with Crippen molar-refractivity contribution in [3.05, 3.63) is 29.8 Å². The summed E-state index contributed by atoms with van der Waals surface area (Å²) in [5, 5.41) is 5.97. The molecule has 120 valence electrons. The standard InChI is InChI=1S/C17H25N3O2/c1-22-15-4-2-12(3-5-15)11-19-16(21)20-14-8-17(9-14)6-13(7-17)10-18/h2-5,13-14H,6-11,18H2,1H3,(H2,19,20,21). The van der Waals surface area contributed by atoms with Crippen LogP contribution in [0.5, 0.6) is 5.75 Å². The second kappa shape index (κ2) is 6.16. The van der Waals surface area contributed by atoms with Gasteiger partial charge in [-0.05, 0) is 61.3 Å². The van der Waals surface area contributed by atoms with Crippen LogP contribution >= 0.6 is 0 Å². The van der Waals surface area contributed by atoms with Crippen molar-refractivity contribution in [1.82, 2.24) is 10.6 Å². The maximum Gasteiger partial charge on any atom is 0.315 e. The highest BCUT2D eigenvalue weighted by Gasteiger charge is 2.52. The Bertz CT molecular complexity index is 515. The van der Waals surface area contributed by atoms with Crippen LogP contribution in [-0.4, -0.2) is 25.7 Å². The van der Waals surface area contributed by atoms with Gasteiger partial charge < -0.3 is 21.1 Å². The number of hydrogen-bond acceptors (Lipinski definition) is 3. The number of urea groups is 1. The van der Waals surface area contributed by atoms with Crippen LogP contribution < -0.4 is 21.1 Å². The van der Waals surface area contributed by atoms with E-state index < -0.39 is 0 Å². The zero-order valence-electron chi connectivity index (χ0n) is 13.1. The Balaban J connectivity index is 1.35. The van der Waals surface area contributed by atoms with Gasteiger partial charge in [0.05, 0.1) is 7.11 Å². The van der Waals surface area contributed by atoms with E-state index in [9.17, 15) is 4.79 Å². The smallest absolute Gasteiger partial charge is 0.315 e. The van der Waals surface area contributed by atoms with E-state index in [1.54, 1.807) is 7.11 Å². The maximum atomic E-state index is 11.9. The first-order chi connectivity index (χ1) is 10.6. The molecule has 0 unspecified atom stereocenters. The number of benzene rings is 1. The number of carbonyl (C=O) groups is 1. The van der Waals surface area contributed by atoms with E-state index in [4.69, 9.17) is 10.5 Å². The van der Waals surface area contributed by atoms with Crippen molar-refractivity contribution in [3.8, 4) is 5.75 Å². The number of ether oxygens (including phenoxy) is 1. The number of nitrogens with two attached hydrogens (primary N) is 1. The summed E-state index contributed by atoms with van der Waals surface area (Å²) in [6.07, 6.45) is 4.71. The van der Waals surface area contributed by atoms with Gasteiger partial charge in [0.25, 0.3) is 0 Å². The molecule has 1 aromatic rings. The van der Waals surface area contributed by atoms with E-state index in [0.717, 1.165) is 30.7 Å². The first-order valence-corrected chi connectivity index (χ1v) is 8.00. The van der Waals surface area contributed by atoms with Crippen LogP contribution in [0.2, 0.25) is 0 Å². The van der Waals surface area contributed by atoms with Crippen LogP contribution in [0.3, 0.4) is 0 Å². The quantitative estimate of drug-likeness (QED) is 0.779. The van der Waals surface area contributed by atoms with Crippen LogP contribution in [0.15, 0.2) is 24.3 Å². The van der Waals surface area contributed by atoms with Crippen LogP contribution in [0, 0.1) is 11.3 Å². The predicted molar refractivity (Wildman–Crippen MR) is 85.6 cm³/mol. The lowest BCUT2D eigenvalue weighted by atomic mass is 9.50. The molecule has 2 amide bonds. The zero-order chi connectivity index (χ0) is 15.6. The molecule has 0 aliphatic heterocycles. The van der Waals surface area contributed by atoms with Crippen molar-refractivity contribution in [2.45, 2.75) is 38.3 Å². The molecule has 0 atom stereocenters. The molecule has 1 aromatic carbocycles. The fraction of sp³-hybridized carbons (Fsp3) is 0.588. The third-order valence-corrected chi connectivity index (χ3v) is 5.08. The van der Waals surface area contributed by atoms with Crippen molar-refractivity contribution in [2.24, 2.45) is 17.1 Å². The van der Waals surface area contributed by atoms with Gasteiger partial charge in [-0.2, -0.15) is 0 Å². The highest BCUT2D eigenvalue weighted by atomic mass is 16.5. The molecule has 5 nitrogen and oxygen atoms in total. The molecule has 2 saturated carbocycles. The third-order valence-electron chi connectivity index (χ3n) is 5.08. The highest BCUT2D eigenvalue weighted by Crippen LogP contribution is 2.58. The van der Waals surface area contributed by atoms with Crippen LogP contribution in [0.25, 0.3) is 0 Å². The number of methoxy groups -OCH3 is 1. The largest absolute Gasteiger partial charge is 0.497 e. The number of carbonyl (C=O) groups excluding carboxylic acids is 1. The summed E-state index contributed by atoms with van der Waals surface area (Å²) in [6, 6.07) is 7.96. The molecule has 0 saturated heterocycles. The van der Waals surface area contributed by atoms with Crippen molar-refractivity contribution < 1.29 is 9.53 Å². The van der Waals surface area contributed by atoms with Gasteiger partial charge in [-0.15, -0.1) is 0 Å². The van der Waals surface area contributed by atoms with Gasteiger partial charge in [-0.3, -0.25) is 0 Å². The second-order valence-electron chi connectivity index (χ2n) is 6.79. The molecular formula is C17H25N3O2. The van der Waals surface area contributed by atoms with E-state index >= 15 is 0 Å². The lowest BCUT2D eigenvalue weighted by Gasteiger charge is -2.57. The fourth-order valence-electron chi connectivity index (χ4n) is 3.91. The van der Waals surface area contributed by atoms with Gasteiger partial charge >= 0.3 is 6.03 Å². The summed E-state index contributed by atoms with van der Waals surface area (Å²) >= 11 is 0. The minimum Gasteiger partial charge on any atom is -0.497 e. The minimum absolute atomic E-state index is 0.0784. The summed E-state index contributed by atoms with van der Waals surface area (Å²) in [5.74, 6) is 1.54. The SMILES string of the molecule is COc1ccc(CNC(=O)NC2CC3(CC(CN)C3)C2)cc1. The van der Waals surface area contributed by atoms with Crippen LogP contribution in [0.4, 0.5) is 4.79 Å². The topological polar surface area (TPSA) is 76.4 Å². The van der Waals surface area contributed by atoms with E-state index in [2.05, 4.69) is 10.6 Å². The molecular weight excluding hydrogens is 278 g/mol. The molecule has 3 rings (SSSR count). The Morgan fingerprint density at radius 3 is 2.55 bits per heavy atom. The molecule has 0 bridgehead atoms. The Morgan fingerprint density at radius 1 is 1.27 bits per heavy atom. The lowest BCUT2D eigenvalue weighted by Crippen LogP contribution is -2.58. The Labute approximate surface area is 131 Å². The Morgan fingerprint density at radius 2 is 1.95 bits per heavy atom. The van der Waals surface area contributed by atoms with Crippen LogP contribution in [0.1, 0.15) is 31.2 Å². The average Bonchev–Trinajstić information content (AvgIpc) is 2.46. The molecule has 2 aliphatic carbocycles. The molecule has 4 N–H and O–H groups in total. The predicted octanol–water partition coefficient (Wildman–Crippen LogP) is 2.01. The molecule has 0 heterocycles. The van der Waals surface area contributed by atoms with Crippen molar-refractivity contribution in [1.29, 1.82) is 0 Å².